The van der Waals surface area contributed by atoms with Crippen molar-refractivity contribution < 1.29 is 9.15 Å². The Hall–Kier alpha value is -1.55. The minimum atomic E-state index is 0.183. The molecule has 0 fully saturated rings. The molecule has 0 saturated carbocycles. The largest absolute Gasteiger partial charge is 0.438 e. The summed E-state index contributed by atoms with van der Waals surface area (Å²) >= 11 is 0. The average molecular weight is 234 g/mol. The monoisotopic (exact) mass is 234 g/mol. The number of nitrogens with zero attached hydrogens (tertiary/aromatic N) is 1. The molecule has 1 aromatic heterocycles. The Bertz CT molecular complexity index is 505. The van der Waals surface area contributed by atoms with E-state index in [-0.39, 0.29) is 6.10 Å². The lowest BCUT2D eigenvalue weighted by Gasteiger charge is -2.14. The number of hydrogen-bond acceptors (Lipinski definition) is 4. The Morgan fingerprint density at radius 3 is 2.76 bits per heavy atom. The summed E-state index contributed by atoms with van der Waals surface area (Å²) in [6, 6.07) is 5.52. The van der Waals surface area contributed by atoms with Gasteiger partial charge in [-0.3, -0.25) is 0 Å². The van der Waals surface area contributed by atoms with Gasteiger partial charge >= 0.3 is 0 Å². The molecule has 4 nitrogen and oxygen atoms in total. The van der Waals surface area contributed by atoms with E-state index in [0.717, 1.165) is 0 Å². The van der Waals surface area contributed by atoms with Gasteiger partial charge in [-0.15, -0.1) is 0 Å². The summed E-state index contributed by atoms with van der Waals surface area (Å²) in [6.07, 6.45) is 0.183. The number of ether oxygens (including phenoxy) is 1. The molecular formula is C13H18N2O2. The van der Waals surface area contributed by atoms with Gasteiger partial charge in [-0.1, -0.05) is 19.9 Å². The van der Waals surface area contributed by atoms with Crippen LogP contribution in [0.15, 0.2) is 22.6 Å². The number of benzene rings is 1. The summed E-state index contributed by atoms with van der Waals surface area (Å²) < 4.78 is 11.2. The highest BCUT2D eigenvalue weighted by Gasteiger charge is 2.11. The molecule has 92 valence electrons. The lowest BCUT2D eigenvalue weighted by molar-refractivity contribution is 0.0133. The van der Waals surface area contributed by atoms with Crippen molar-refractivity contribution in [2.45, 2.75) is 33.5 Å². The van der Waals surface area contributed by atoms with Gasteiger partial charge in [0.05, 0.1) is 11.8 Å². The van der Waals surface area contributed by atoms with E-state index in [2.05, 4.69) is 18.8 Å². The first-order valence-electron chi connectivity index (χ1n) is 5.83. The first kappa shape index (κ1) is 11.9. The standard InChI is InChI=1S/C13H18N2O2/c1-8(2)9(3)16-7-12-15-13-10(14)5-4-6-11(13)17-12/h4-6,8-9H,7,14H2,1-3H3. The number of aromatic nitrogens is 1. The Kier molecular flexibility index (Phi) is 3.33. The molecule has 0 bridgehead atoms. The zero-order valence-electron chi connectivity index (χ0n) is 10.4. The molecule has 2 aromatic rings. The Balaban J connectivity index is 2.12. The highest BCUT2D eigenvalue weighted by molar-refractivity contribution is 5.85. The van der Waals surface area contributed by atoms with Crippen molar-refractivity contribution in [2.24, 2.45) is 5.92 Å². The molecule has 0 amide bonds. The van der Waals surface area contributed by atoms with Gasteiger partial charge in [-0.25, -0.2) is 4.98 Å². The second-order valence-corrected chi connectivity index (χ2v) is 4.56. The van der Waals surface area contributed by atoms with Crippen LogP contribution in [-0.4, -0.2) is 11.1 Å². The third-order valence-electron chi connectivity index (χ3n) is 2.90. The van der Waals surface area contributed by atoms with E-state index in [9.17, 15) is 0 Å². The molecule has 2 N–H and O–H groups in total. The van der Waals surface area contributed by atoms with Crippen LogP contribution >= 0.6 is 0 Å². The number of nitrogen functional groups attached to an aromatic ring is 1. The van der Waals surface area contributed by atoms with Crippen molar-refractivity contribution in [1.29, 1.82) is 0 Å². The normalized spacial score (nSPS) is 13.4. The molecule has 1 unspecified atom stereocenters. The van der Waals surface area contributed by atoms with E-state index in [4.69, 9.17) is 14.9 Å². The van der Waals surface area contributed by atoms with Crippen LogP contribution in [0.1, 0.15) is 26.7 Å². The van der Waals surface area contributed by atoms with Crippen LogP contribution in [0.3, 0.4) is 0 Å². The van der Waals surface area contributed by atoms with Gasteiger partial charge in [0.1, 0.15) is 12.1 Å². The summed E-state index contributed by atoms with van der Waals surface area (Å²) in [6.45, 7) is 6.67. The molecule has 1 aromatic carbocycles. The van der Waals surface area contributed by atoms with Crippen LogP contribution in [0, 0.1) is 5.92 Å². The topological polar surface area (TPSA) is 61.3 Å². The molecule has 0 saturated heterocycles. The quantitative estimate of drug-likeness (QED) is 0.826. The van der Waals surface area contributed by atoms with Gasteiger partial charge in [0.2, 0.25) is 5.89 Å². The van der Waals surface area contributed by atoms with E-state index in [1.165, 1.54) is 0 Å². The summed E-state index contributed by atoms with van der Waals surface area (Å²) in [5.74, 6) is 1.05. The van der Waals surface area contributed by atoms with Crippen LogP contribution in [-0.2, 0) is 11.3 Å². The molecular weight excluding hydrogens is 216 g/mol. The smallest absolute Gasteiger partial charge is 0.221 e. The fourth-order valence-electron chi connectivity index (χ4n) is 1.47. The maximum Gasteiger partial charge on any atom is 0.221 e. The highest BCUT2D eigenvalue weighted by atomic mass is 16.5. The summed E-state index contributed by atoms with van der Waals surface area (Å²) in [7, 11) is 0. The fraction of sp³-hybridized carbons (Fsp3) is 0.462. The first-order chi connectivity index (χ1) is 8.08. The van der Waals surface area contributed by atoms with E-state index >= 15 is 0 Å². The van der Waals surface area contributed by atoms with Crippen LogP contribution in [0.4, 0.5) is 5.69 Å². The van der Waals surface area contributed by atoms with E-state index in [1.807, 2.05) is 25.1 Å². The molecule has 0 radical (unpaired) electrons. The van der Waals surface area contributed by atoms with E-state index in [1.54, 1.807) is 0 Å². The summed E-state index contributed by atoms with van der Waals surface area (Å²) in [4.78, 5) is 4.33. The zero-order valence-corrected chi connectivity index (χ0v) is 10.4. The van der Waals surface area contributed by atoms with Crippen molar-refractivity contribution in [3.05, 3.63) is 24.1 Å². The molecule has 0 aliphatic rings. The lowest BCUT2D eigenvalue weighted by atomic mass is 10.1. The number of rotatable bonds is 4. The predicted octanol–water partition coefficient (Wildman–Crippen LogP) is 2.97. The predicted molar refractivity (Wildman–Crippen MR) is 67.5 cm³/mol. The second-order valence-electron chi connectivity index (χ2n) is 4.56. The van der Waals surface area contributed by atoms with Crippen LogP contribution in [0.5, 0.6) is 0 Å². The minimum Gasteiger partial charge on any atom is -0.438 e. The minimum absolute atomic E-state index is 0.183. The molecule has 1 heterocycles. The molecule has 17 heavy (non-hydrogen) atoms. The van der Waals surface area contributed by atoms with Gasteiger partial charge < -0.3 is 14.9 Å². The maximum absolute atomic E-state index is 5.81. The van der Waals surface area contributed by atoms with E-state index in [0.29, 0.717) is 35.2 Å². The molecule has 2 rings (SSSR count). The second kappa shape index (κ2) is 4.75. The fourth-order valence-corrected chi connectivity index (χ4v) is 1.47. The molecule has 1 atom stereocenters. The Morgan fingerprint density at radius 2 is 2.12 bits per heavy atom. The number of anilines is 1. The number of fused-ring (bicyclic) bond motifs is 1. The van der Waals surface area contributed by atoms with Crippen molar-refractivity contribution >= 4 is 16.8 Å². The van der Waals surface area contributed by atoms with Crippen LogP contribution in [0.25, 0.3) is 11.1 Å². The van der Waals surface area contributed by atoms with Gasteiger partial charge in [0.25, 0.3) is 0 Å². The molecule has 0 aliphatic carbocycles. The van der Waals surface area contributed by atoms with Crippen molar-refractivity contribution in [1.82, 2.24) is 4.98 Å². The number of para-hydroxylation sites is 1. The average Bonchev–Trinajstić information content (AvgIpc) is 2.70. The van der Waals surface area contributed by atoms with Crippen molar-refractivity contribution in [3.8, 4) is 0 Å². The first-order valence-corrected chi connectivity index (χ1v) is 5.83. The van der Waals surface area contributed by atoms with Crippen LogP contribution in [0.2, 0.25) is 0 Å². The van der Waals surface area contributed by atoms with Crippen molar-refractivity contribution in [3.63, 3.8) is 0 Å². The van der Waals surface area contributed by atoms with Crippen molar-refractivity contribution in [2.75, 3.05) is 5.73 Å². The summed E-state index contributed by atoms with van der Waals surface area (Å²) in [5.41, 5.74) is 7.86. The third-order valence-corrected chi connectivity index (χ3v) is 2.90. The van der Waals surface area contributed by atoms with Gasteiger partial charge in [-0.2, -0.15) is 0 Å². The van der Waals surface area contributed by atoms with E-state index < -0.39 is 0 Å². The number of oxazole rings is 1. The lowest BCUT2D eigenvalue weighted by Crippen LogP contribution is -2.15. The molecule has 4 heteroatoms. The van der Waals surface area contributed by atoms with Crippen LogP contribution < -0.4 is 5.73 Å². The van der Waals surface area contributed by atoms with Gasteiger partial charge in [-0.05, 0) is 25.0 Å². The zero-order chi connectivity index (χ0) is 12.4. The number of hydrogen-bond donors (Lipinski definition) is 1. The number of nitrogens with two attached hydrogens (primary N) is 1. The Morgan fingerprint density at radius 1 is 1.35 bits per heavy atom. The Labute approximate surface area is 101 Å². The third kappa shape index (κ3) is 2.58. The maximum atomic E-state index is 5.81. The molecule has 0 spiro atoms. The SMILES string of the molecule is CC(C)C(C)OCc1nc2c(N)cccc2o1. The molecule has 0 aliphatic heterocycles. The summed E-state index contributed by atoms with van der Waals surface area (Å²) in [5, 5.41) is 0. The van der Waals surface area contributed by atoms with Gasteiger partial charge in [0, 0.05) is 0 Å². The van der Waals surface area contributed by atoms with Gasteiger partial charge in [0.15, 0.2) is 5.58 Å². The highest BCUT2D eigenvalue weighted by Crippen LogP contribution is 2.21.